The highest BCUT2D eigenvalue weighted by Crippen LogP contribution is 2.16. The number of carbonyl (C=O) groups excluding carboxylic acids is 1. The average Bonchev–Trinajstić information content (AvgIpc) is 2.35. The third kappa shape index (κ3) is 4.62. The molecule has 0 saturated carbocycles. The molecule has 110 valence electrons. The number of rotatable bonds is 4. The number of aryl methyl sites for hydroxylation is 1. The van der Waals surface area contributed by atoms with E-state index in [1.165, 1.54) is 5.56 Å². The summed E-state index contributed by atoms with van der Waals surface area (Å²) in [5.74, 6) is 0.160. The molecule has 0 unspecified atom stereocenters. The molecule has 0 spiro atoms. The zero-order valence-corrected chi connectivity index (χ0v) is 13.1. The van der Waals surface area contributed by atoms with Crippen LogP contribution in [0.3, 0.4) is 0 Å². The molecule has 1 aromatic carbocycles. The van der Waals surface area contributed by atoms with Gasteiger partial charge in [-0.3, -0.25) is 4.79 Å². The molecule has 0 atom stereocenters. The molecule has 4 nitrogen and oxygen atoms in total. The van der Waals surface area contributed by atoms with Crippen LogP contribution in [-0.4, -0.2) is 15.9 Å². The molecule has 0 radical (unpaired) electrons. The highest BCUT2D eigenvalue weighted by molar-refractivity contribution is 5.91. The predicted molar refractivity (Wildman–Crippen MR) is 85.7 cm³/mol. The zero-order valence-electron chi connectivity index (χ0n) is 11.5. The maximum Gasteiger partial charge on any atom is 0.286 e. The molecule has 0 aliphatic heterocycles. The van der Waals surface area contributed by atoms with E-state index in [9.17, 15) is 4.79 Å². The van der Waals surface area contributed by atoms with Crippen molar-refractivity contribution < 1.29 is 4.79 Å². The van der Waals surface area contributed by atoms with Crippen LogP contribution in [0.5, 0.6) is 0 Å². The van der Waals surface area contributed by atoms with Crippen LogP contribution in [-0.2, 0) is 6.42 Å². The van der Waals surface area contributed by atoms with Gasteiger partial charge in [-0.1, -0.05) is 19.9 Å². The first-order valence-corrected chi connectivity index (χ1v) is 6.12. The largest absolute Gasteiger partial charge is 0.363 e. The van der Waals surface area contributed by atoms with Crippen molar-refractivity contribution in [1.82, 2.24) is 9.97 Å². The summed E-state index contributed by atoms with van der Waals surface area (Å²) in [7, 11) is 0. The minimum atomic E-state index is -0.596. The molecule has 0 bridgehead atoms. The van der Waals surface area contributed by atoms with Gasteiger partial charge in [-0.2, -0.15) is 0 Å². The lowest BCUT2D eigenvalue weighted by molar-refractivity contribution is 0.0991. The Morgan fingerprint density at radius 3 is 2.60 bits per heavy atom. The van der Waals surface area contributed by atoms with E-state index in [1.54, 1.807) is 6.20 Å². The van der Waals surface area contributed by atoms with E-state index in [1.807, 2.05) is 12.1 Å². The SMILES string of the molecule is CC(C)CCc1ccc2nc(C(N)=O)ncc2c1.Cl.Cl. The first kappa shape index (κ1) is 18.6. The number of nitrogens with two attached hydrogens (primary N) is 1. The molecular weight excluding hydrogens is 297 g/mol. The smallest absolute Gasteiger partial charge is 0.286 e. The number of fused-ring (bicyclic) bond motifs is 1. The Balaban J connectivity index is 0.00000180. The summed E-state index contributed by atoms with van der Waals surface area (Å²) in [4.78, 5) is 19.1. The van der Waals surface area contributed by atoms with Gasteiger partial charge in [0.2, 0.25) is 5.82 Å². The predicted octanol–water partition coefficient (Wildman–Crippen LogP) is 3.16. The number of halogens is 2. The summed E-state index contributed by atoms with van der Waals surface area (Å²) in [6, 6.07) is 6.03. The zero-order chi connectivity index (χ0) is 13.1. The van der Waals surface area contributed by atoms with Gasteiger partial charge in [-0.05, 0) is 36.5 Å². The molecule has 0 aliphatic carbocycles. The van der Waals surface area contributed by atoms with Crippen molar-refractivity contribution in [1.29, 1.82) is 0 Å². The molecule has 1 heterocycles. The van der Waals surface area contributed by atoms with Gasteiger partial charge in [0.05, 0.1) is 5.52 Å². The summed E-state index contributed by atoms with van der Waals surface area (Å²) in [6.45, 7) is 4.42. The lowest BCUT2D eigenvalue weighted by Crippen LogP contribution is -2.14. The standard InChI is InChI=1S/C14H17N3O.2ClH/c1-9(2)3-4-10-5-6-12-11(7-10)8-16-14(17-12)13(15)18;;/h5-9H,3-4H2,1-2H3,(H2,15,18);2*1H. The second-order valence-electron chi connectivity index (χ2n) is 4.88. The van der Waals surface area contributed by atoms with Gasteiger partial charge in [0.15, 0.2) is 0 Å². The van der Waals surface area contributed by atoms with Crippen molar-refractivity contribution in [2.24, 2.45) is 11.7 Å². The third-order valence-corrected chi connectivity index (χ3v) is 2.87. The van der Waals surface area contributed by atoms with Crippen LogP contribution in [0.4, 0.5) is 0 Å². The van der Waals surface area contributed by atoms with Crippen LogP contribution in [0, 0.1) is 5.92 Å². The molecule has 2 N–H and O–H groups in total. The molecule has 0 aliphatic rings. The summed E-state index contributed by atoms with van der Waals surface area (Å²) < 4.78 is 0. The maximum absolute atomic E-state index is 11.0. The van der Waals surface area contributed by atoms with Gasteiger partial charge in [0.25, 0.3) is 5.91 Å². The Labute approximate surface area is 131 Å². The highest BCUT2D eigenvalue weighted by atomic mass is 35.5. The fourth-order valence-electron chi connectivity index (χ4n) is 1.81. The van der Waals surface area contributed by atoms with Crippen LogP contribution in [0.15, 0.2) is 24.4 Å². The second-order valence-corrected chi connectivity index (χ2v) is 4.88. The van der Waals surface area contributed by atoms with Gasteiger partial charge < -0.3 is 5.73 Å². The summed E-state index contributed by atoms with van der Waals surface area (Å²) in [6.07, 6.45) is 3.86. The Bertz CT molecular complexity index is 588. The van der Waals surface area contributed by atoms with Crippen LogP contribution >= 0.6 is 24.8 Å². The number of primary amides is 1. The van der Waals surface area contributed by atoms with Crippen molar-refractivity contribution in [3.05, 3.63) is 35.8 Å². The van der Waals surface area contributed by atoms with Gasteiger partial charge >= 0.3 is 0 Å². The van der Waals surface area contributed by atoms with Crippen molar-refractivity contribution in [3.8, 4) is 0 Å². The molecule has 1 amide bonds. The van der Waals surface area contributed by atoms with Crippen molar-refractivity contribution in [3.63, 3.8) is 0 Å². The molecule has 1 aromatic heterocycles. The Morgan fingerprint density at radius 2 is 2.00 bits per heavy atom. The number of carbonyl (C=O) groups is 1. The quantitative estimate of drug-likeness (QED) is 0.942. The minimum Gasteiger partial charge on any atom is -0.363 e. The van der Waals surface area contributed by atoms with Crippen molar-refractivity contribution in [2.45, 2.75) is 26.7 Å². The highest BCUT2D eigenvalue weighted by Gasteiger charge is 2.06. The fourth-order valence-corrected chi connectivity index (χ4v) is 1.81. The Kier molecular flexibility index (Phi) is 7.46. The van der Waals surface area contributed by atoms with E-state index in [-0.39, 0.29) is 30.6 Å². The molecular formula is C14H19Cl2N3O. The van der Waals surface area contributed by atoms with E-state index in [0.29, 0.717) is 5.92 Å². The molecule has 6 heteroatoms. The third-order valence-electron chi connectivity index (χ3n) is 2.87. The molecule has 0 fully saturated rings. The Hall–Kier alpha value is -1.39. The molecule has 2 rings (SSSR count). The molecule has 2 aromatic rings. The first-order valence-electron chi connectivity index (χ1n) is 6.12. The number of hydrogen-bond donors (Lipinski definition) is 1. The van der Waals surface area contributed by atoms with E-state index in [4.69, 9.17) is 5.73 Å². The van der Waals surface area contributed by atoms with Gasteiger partial charge in [-0.25, -0.2) is 9.97 Å². The lowest BCUT2D eigenvalue weighted by Gasteiger charge is -2.06. The normalized spacial score (nSPS) is 9.95. The average molecular weight is 316 g/mol. The lowest BCUT2D eigenvalue weighted by atomic mass is 10.0. The number of amides is 1. The van der Waals surface area contributed by atoms with E-state index in [2.05, 4.69) is 29.9 Å². The van der Waals surface area contributed by atoms with Crippen LogP contribution < -0.4 is 5.73 Å². The monoisotopic (exact) mass is 315 g/mol. The number of aromatic nitrogens is 2. The summed E-state index contributed by atoms with van der Waals surface area (Å²) in [5.41, 5.74) is 7.18. The van der Waals surface area contributed by atoms with Crippen molar-refractivity contribution in [2.75, 3.05) is 0 Å². The van der Waals surface area contributed by atoms with Gasteiger partial charge in [0.1, 0.15) is 0 Å². The number of benzene rings is 1. The van der Waals surface area contributed by atoms with Gasteiger partial charge in [0, 0.05) is 11.6 Å². The maximum atomic E-state index is 11.0. The topological polar surface area (TPSA) is 68.9 Å². The summed E-state index contributed by atoms with van der Waals surface area (Å²) >= 11 is 0. The van der Waals surface area contributed by atoms with Crippen LogP contribution in [0.2, 0.25) is 0 Å². The molecule has 20 heavy (non-hydrogen) atoms. The second kappa shape index (κ2) is 8.02. The van der Waals surface area contributed by atoms with E-state index < -0.39 is 5.91 Å². The number of hydrogen-bond acceptors (Lipinski definition) is 3. The van der Waals surface area contributed by atoms with E-state index in [0.717, 1.165) is 23.7 Å². The van der Waals surface area contributed by atoms with Crippen LogP contribution in [0.1, 0.15) is 36.5 Å². The Morgan fingerprint density at radius 1 is 1.30 bits per heavy atom. The van der Waals surface area contributed by atoms with Crippen LogP contribution in [0.25, 0.3) is 10.9 Å². The minimum absolute atomic E-state index is 0. The van der Waals surface area contributed by atoms with Gasteiger partial charge in [-0.15, -0.1) is 24.8 Å². The summed E-state index contributed by atoms with van der Waals surface area (Å²) in [5, 5.41) is 0.946. The first-order chi connectivity index (χ1) is 8.56. The molecule has 0 saturated heterocycles. The van der Waals surface area contributed by atoms with Crippen molar-refractivity contribution >= 4 is 41.6 Å². The fraction of sp³-hybridized carbons (Fsp3) is 0.357. The number of nitrogens with zero attached hydrogens (tertiary/aromatic N) is 2. The van der Waals surface area contributed by atoms with E-state index >= 15 is 0 Å².